The second-order valence-corrected chi connectivity index (χ2v) is 4.98. The highest BCUT2D eigenvalue weighted by molar-refractivity contribution is 6.27. The Balaban J connectivity index is 2.68. The summed E-state index contributed by atoms with van der Waals surface area (Å²) in [6, 6.07) is 4.96. The maximum absolute atomic E-state index is 12.8. The molecular formula is C18H18O3. The lowest BCUT2D eigenvalue weighted by molar-refractivity contribution is 0.0967. The molecule has 3 heteroatoms. The first-order valence-electron chi connectivity index (χ1n) is 6.79. The van der Waals surface area contributed by atoms with Gasteiger partial charge in [0.2, 0.25) is 0 Å². The average Bonchev–Trinajstić information content (AvgIpc) is 2.51. The third-order valence-corrected chi connectivity index (χ3v) is 3.72. The van der Waals surface area contributed by atoms with Crippen molar-refractivity contribution < 1.29 is 14.3 Å². The summed E-state index contributed by atoms with van der Waals surface area (Å²) in [5.41, 5.74) is 1.85. The van der Waals surface area contributed by atoms with E-state index in [1.165, 1.54) is 7.11 Å². The number of allylic oxidation sites excluding steroid dienone is 4. The van der Waals surface area contributed by atoms with Crippen LogP contribution in [0.2, 0.25) is 0 Å². The summed E-state index contributed by atoms with van der Waals surface area (Å²) in [6.07, 6.45) is 3.70. The van der Waals surface area contributed by atoms with E-state index in [1.54, 1.807) is 30.4 Å². The van der Waals surface area contributed by atoms with Crippen molar-refractivity contribution in [3.05, 3.63) is 65.8 Å². The first-order valence-corrected chi connectivity index (χ1v) is 6.79. The number of hydrogen-bond donors (Lipinski definition) is 0. The van der Waals surface area contributed by atoms with Crippen LogP contribution >= 0.6 is 0 Å². The predicted octanol–water partition coefficient (Wildman–Crippen LogP) is 3.77. The van der Waals surface area contributed by atoms with Crippen LogP contribution in [-0.2, 0) is 0 Å². The van der Waals surface area contributed by atoms with Gasteiger partial charge in [0.15, 0.2) is 11.6 Å². The summed E-state index contributed by atoms with van der Waals surface area (Å²) in [5, 5.41) is 0. The van der Waals surface area contributed by atoms with E-state index in [2.05, 4.69) is 13.2 Å². The molecule has 1 aromatic rings. The zero-order valence-electron chi connectivity index (χ0n) is 12.3. The number of benzene rings is 1. The quantitative estimate of drug-likeness (QED) is 0.772. The van der Waals surface area contributed by atoms with Gasteiger partial charge in [-0.05, 0) is 24.6 Å². The molecule has 0 heterocycles. The van der Waals surface area contributed by atoms with Crippen molar-refractivity contribution in [3.8, 4) is 5.75 Å². The van der Waals surface area contributed by atoms with Crippen LogP contribution in [0.3, 0.4) is 0 Å². The molecule has 0 aliphatic heterocycles. The molecule has 1 atom stereocenters. The third kappa shape index (κ3) is 2.47. The van der Waals surface area contributed by atoms with Crippen molar-refractivity contribution >= 4 is 11.6 Å². The molecule has 0 fully saturated rings. The van der Waals surface area contributed by atoms with Crippen molar-refractivity contribution in [2.75, 3.05) is 7.11 Å². The molecule has 0 saturated heterocycles. The fraction of sp³-hybridized carbons (Fsp3) is 0.222. The van der Waals surface area contributed by atoms with Gasteiger partial charge in [-0.1, -0.05) is 19.1 Å². The monoisotopic (exact) mass is 282 g/mol. The molecule has 21 heavy (non-hydrogen) atoms. The maximum Gasteiger partial charge on any atom is 0.190 e. The zero-order chi connectivity index (χ0) is 15.6. The van der Waals surface area contributed by atoms with Gasteiger partial charge < -0.3 is 4.74 Å². The van der Waals surface area contributed by atoms with E-state index in [9.17, 15) is 9.59 Å². The van der Waals surface area contributed by atoms with Gasteiger partial charge in [0.25, 0.3) is 0 Å². The van der Waals surface area contributed by atoms with E-state index in [1.807, 2.05) is 6.92 Å². The SMILES string of the molecule is C=CCC1=C(C(C)C=C)C(=O)c2cc(OC)ccc2C1=O. The summed E-state index contributed by atoms with van der Waals surface area (Å²) in [6.45, 7) is 9.27. The minimum atomic E-state index is -0.184. The van der Waals surface area contributed by atoms with Gasteiger partial charge in [-0.2, -0.15) is 0 Å². The average molecular weight is 282 g/mol. The Morgan fingerprint density at radius 3 is 2.48 bits per heavy atom. The number of ether oxygens (including phenoxy) is 1. The topological polar surface area (TPSA) is 43.4 Å². The van der Waals surface area contributed by atoms with Crippen LogP contribution < -0.4 is 4.74 Å². The van der Waals surface area contributed by atoms with Crippen molar-refractivity contribution in [2.45, 2.75) is 13.3 Å². The smallest absolute Gasteiger partial charge is 0.190 e. The van der Waals surface area contributed by atoms with Crippen molar-refractivity contribution in [2.24, 2.45) is 5.92 Å². The van der Waals surface area contributed by atoms with Crippen LogP contribution in [0.15, 0.2) is 54.7 Å². The summed E-state index contributed by atoms with van der Waals surface area (Å²) in [5.74, 6) is 0.132. The number of fused-ring (bicyclic) bond motifs is 1. The fourth-order valence-corrected chi connectivity index (χ4v) is 2.55. The highest BCUT2D eigenvalue weighted by atomic mass is 16.5. The lowest BCUT2D eigenvalue weighted by Crippen LogP contribution is -2.25. The highest BCUT2D eigenvalue weighted by Crippen LogP contribution is 2.34. The van der Waals surface area contributed by atoms with Crippen molar-refractivity contribution in [3.63, 3.8) is 0 Å². The molecule has 3 nitrogen and oxygen atoms in total. The standard InChI is InChI=1S/C18H18O3/c1-5-7-14-16(11(3)6-2)18(20)15-10-12(21-4)8-9-13(15)17(14)19/h5-6,8-11H,1-2,7H2,3-4H3. The third-order valence-electron chi connectivity index (χ3n) is 3.72. The van der Waals surface area contributed by atoms with Crippen molar-refractivity contribution in [1.82, 2.24) is 0 Å². The zero-order valence-corrected chi connectivity index (χ0v) is 12.3. The maximum atomic E-state index is 12.8. The number of rotatable bonds is 5. The Hall–Kier alpha value is -2.42. The van der Waals surface area contributed by atoms with Crippen LogP contribution in [0.25, 0.3) is 0 Å². The molecule has 0 saturated carbocycles. The molecule has 0 radical (unpaired) electrons. The molecule has 1 aromatic carbocycles. The molecule has 0 bridgehead atoms. The molecule has 108 valence electrons. The Kier molecular flexibility index (Phi) is 4.22. The second-order valence-electron chi connectivity index (χ2n) is 4.98. The van der Waals surface area contributed by atoms with Gasteiger partial charge in [-0.15, -0.1) is 13.2 Å². The van der Waals surface area contributed by atoms with Crippen LogP contribution in [-0.4, -0.2) is 18.7 Å². The van der Waals surface area contributed by atoms with Crippen LogP contribution in [0, 0.1) is 5.92 Å². The molecule has 1 unspecified atom stereocenters. The largest absolute Gasteiger partial charge is 0.497 e. The minimum absolute atomic E-state index is 0.115. The van der Waals surface area contributed by atoms with E-state index >= 15 is 0 Å². The van der Waals surface area contributed by atoms with Gasteiger partial charge in [-0.25, -0.2) is 0 Å². The van der Waals surface area contributed by atoms with Gasteiger partial charge in [0.05, 0.1) is 7.11 Å². The molecule has 0 N–H and O–H groups in total. The van der Waals surface area contributed by atoms with Crippen LogP contribution in [0.4, 0.5) is 0 Å². The molecule has 2 rings (SSSR count). The number of Topliss-reactive ketones (excluding diaryl/α,β-unsaturated/α-hetero) is 2. The molecule has 0 spiro atoms. The van der Waals surface area contributed by atoms with Gasteiger partial charge in [0, 0.05) is 28.2 Å². The van der Waals surface area contributed by atoms with Gasteiger partial charge in [0.1, 0.15) is 5.75 Å². The summed E-state index contributed by atoms with van der Waals surface area (Å²) in [4.78, 5) is 25.4. The van der Waals surface area contributed by atoms with E-state index in [-0.39, 0.29) is 17.5 Å². The molecule has 0 amide bonds. The van der Waals surface area contributed by atoms with Gasteiger partial charge in [-0.3, -0.25) is 9.59 Å². The molecule has 1 aliphatic rings. The van der Waals surface area contributed by atoms with E-state index in [0.717, 1.165) is 0 Å². The normalized spacial score (nSPS) is 15.5. The Labute approximate surface area is 124 Å². The number of methoxy groups -OCH3 is 1. The number of carbonyl (C=O) groups is 2. The summed E-state index contributed by atoms with van der Waals surface area (Å²) < 4.78 is 5.14. The van der Waals surface area contributed by atoms with Crippen molar-refractivity contribution in [1.29, 1.82) is 0 Å². The first-order chi connectivity index (χ1) is 10.0. The Morgan fingerprint density at radius 2 is 1.90 bits per heavy atom. The summed E-state index contributed by atoms with van der Waals surface area (Å²) >= 11 is 0. The van der Waals surface area contributed by atoms with E-state index in [0.29, 0.717) is 34.4 Å². The van der Waals surface area contributed by atoms with Gasteiger partial charge >= 0.3 is 0 Å². The number of ketones is 2. The lowest BCUT2D eigenvalue weighted by Gasteiger charge is -2.23. The predicted molar refractivity (Wildman–Crippen MR) is 82.9 cm³/mol. The molecule has 0 aromatic heterocycles. The van der Waals surface area contributed by atoms with Crippen LogP contribution in [0.1, 0.15) is 34.1 Å². The Bertz CT molecular complexity index is 665. The number of carbonyl (C=O) groups excluding carboxylic acids is 2. The minimum Gasteiger partial charge on any atom is -0.497 e. The Morgan fingerprint density at radius 1 is 1.19 bits per heavy atom. The number of hydrogen-bond acceptors (Lipinski definition) is 3. The summed E-state index contributed by atoms with van der Waals surface area (Å²) in [7, 11) is 1.53. The fourth-order valence-electron chi connectivity index (χ4n) is 2.55. The van der Waals surface area contributed by atoms with Crippen LogP contribution in [0.5, 0.6) is 5.75 Å². The first kappa shape index (κ1) is 15.0. The molecule has 1 aliphatic carbocycles. The molecular weight excluding hydrogens is 264 g/mol. The van der Waals surface area contributed by atoms with E-state index in [4.69, 9.17) is 4.74 Å². The lowest BCUT2D eigenvalue weighted by atomic mass is 9.78. The second kappa shape index (κ2) is 5.92. The highest BCUT2D eigenvalue weighted by Gasteiger charge is 2.33. The van der Waals surface area contributed by atoms with E-state index < -0.39 is 0 Å².